The smallest absolute Gasteiger partial charge is 0.405 e. The Bertz CT molecular complexity index is 478. The van der Waals surface area contributed by atoms with Crippen molar-refractivity contribution in [1.82, 2.24) is 0 Å². The van der Waals surface area contributed by atoms with Gasteiger partial charge >= 0.3 is 6.36 Å². The van der Waals surface area contributed by atoms with Crippen LogP contribution in [0.15, 0.2) is 22.7 Å². The Kier molecular flexibility index (Phi) is 5.82. The first-order chi connectivity index (χ1) is 9.17. The molecule has 20 heavy (non-hydrogen) atoms. The number of rotatable bonds is 5. The van der Waals surface area contributed by atoms with E-state index in [-0.39, 0.29) is 28.6 Å². The fraction of sp³-hybridized carbons (Fsp3) is 0.417. The maximum absolute atomic E-state index is 12.1. The van der Waals surface area contributed by atoms with Gasteiger partial charge in [0.05, 0.1) is 4.47 Å². The van der Waals surface area contributed by atoms with E-state index < -0.39 is 6.36 Å². The first-order valence-electron chi connectivity index (χ1n) is 5.78. The number of carbonyl (C=O) groups is 1. The molecule has 0 saturated carbocycles. The van der Waals surface area contributed by atoms with Crippen molar-refractivity contribution in [2.75, 3.05) is 5.32 Å². The summed E-state index contributed by atoms with van der Waals surface area (Å²) < 4.78 is 40.1. The van der Waals surface area contributed by atoms with Crippen LogP contribution in [-0.2, 0) is 4.79 Å². The second-order valence-corrected chi connectivity index (χ2v) is 5.11. The van der Waals surface area contributed by atoms with E-state index >= 15 is 0 Å². The lowest BCUT2D eigenvalue weighted by atomic mass is 10.2. The lowest BCUT2D eigenvalue weighted by molar-refractivity contribution is -0.274. The zero-order valence-electron chi connectivity index (χ0n) is 10.6. The van der Waals surface area contributed by atoms with Gasteiger partial charge < -0.3 is 15.8 Å². The highest BCUT2D eigenvalue weighted by molar-refractivity contribution is 9.10. The van der Waals surface area contributed by atoms with Crippen molar-refractivity contribution in [1.29, 1.82) is 0 Å². The number of carbonyl (C=O) groups excluding carboxylic acids is 1. The molecule has 1 aromatic rings. The molecule has 0 spiro atoms. The highest BCUT2D eigenvalue weighted by Gasteiger charge is 2.31. The van der Waals surface area contributed by atoms with Gasteiger partial charge in [0.15, 0.2) is 0 Å². The Morgan fingerprint density at radius 2 is 2.15 bits per heavy atom. The van der Waals surface area contributed by atoms with Crippen LogP contribution in [0, 0.1) is 0 Å². The third kappa shape index (κ3) is 6.25. The maximum Gasteiger partial charge on any atom is 0.573 e. The molecule has 0 radical (unpaired) electrons. The van der Waals surface area contributed by atoms with Crippen LogP contribution in [0.4, 0.5) is 18.9 Å². The lowest BCUT2D eigenvalue weighted by Crippen LogP contribution is -2.19. The van der Waals surface area contributed by atoms with Gasteiger partial charge in [0.25, 0.3) is 0 Å². The Morgan fingerprint density at radius 1 is 1.50 bits per heavy atom. The first kappa shape index (κ1) is 16.8. The zero-order chi connectivity index (χ0) is 15.3. The molecule has 1 atom stereocenters. The van der Waals surface area contributed by atoms with Crippen LogP contribution >= 0.6 is 15.9 Å². The fourth-order valence-electron chi connectivity index (χ4n) is 1.37. The standard InChI is InChI=1S/C12H14BrF3N2O2/c1-7(17)2-5-11(19)18-8-3-4-10(9(13)6-8)20-12(14,15)16/h3-4,6-7H,2,5,17H2,1H3,(H,18,19). The molecular formula is C12H14BrF3N2O2. The van der Waals surface area contributed by atoms with E-state index in [0.717, 1.165) is 6.07 Å². The predicted octanol–water partition coefficient (Wildman–Crippen LogP) is 3.41. The van der Waals surface area contributed by atoms with Gasteiger partial charge in [-0.2, -0.15) is 0 Å². The van der Waals surface area contributed by atoms with E-state index in [1.807, 2.05) is 0 Å². The van der Waals surface area contributed by atoms with Crippen molar-refractivity contribution in [2.45, 2.75) is 32.2 Å². The molecule has 4 nitrogen and oxygen atoms in total. The number of hydrogen-bond acceptors (Lipinski definition) is 3. The Morgan fingerprint density at radius 3 is 2.65 bits per heavy atom. The molecule has 112 valence electrons. The number of anilines is 1. The number of alkyl halides is 3. The normalized spacial score (nSPS) is 12.9. The first-order valence-corrected chi connectivity index (χ1v) is 6.57. The summed E-state index contributed by atoms with van der Waals surface area (Å²) >= 11 is 2.96. The zero-order valence-corrected chi connectivity index (χ0v) is 12.2. The van der Waals surface area contributed by atoms with E-state index in [1.54, 1.807) is 6.92 Å². The Balaban J connectivity index is 2.65. The summed E-state index contributed by atoms with van der Waals surface area (Å²) in [5.74, 6) is -0.621. The van der Waals surface area contributed by atoms with Crippen LogP contribution in [0.2, 0.25) is 0 Å². The van der Waals surface area contributed by atoms with Gasteiger partial charge in [0.1, 0.15) is 5.75 Å². The van der Waals surface area contributed by atoms with Gasteiger partial charge in [0.2, 0.25) is 5.91 Å². The molecular weight excluding hydrogens is 341 g/mol. The molecule has 0 aliphatic heterocycles. The molecule has 0 aromatic heterocycles. The highest BCUT2D eigenvalue weighted by Crippen LogP contribution is 2.32. The minimum absolute atomic E-state index is 0.0879. The molecule has 0 heterocycles. The molecule has 0 bridgehead atoms. The summed E-state index contributed by atoms with van der Waals surface area (Å²) in [4.78, 5) is 11.5. The molecule has 1 rings (SSSR count). The second kappa shape index (κ2) is 6.94. The molecule has 0 fully saturated rings. The predicted molar refractivity (Wildman–Crippen MR) is 72.3 cm³/mol. The van der Waals surface area contributed by atoms with Crippen molar-refractivity contribution in [3.05, 3.63) is 22.7 Å². The van der Waals surface area contributed by atoms with Gasteiger partial charge in [-0.15, -0.1) is 13.2 Å². The number of amides is 1. The molecule has 1 amide bonds. The van der Waals surface area contributed by atoms with E-state index in [2.05, 4.69) is 26.0 Å². The number of halogens is 4. The van der Waals surface area contributed by atoms with Crippen LogP contribution in [0.1, 0.15) is 19.8 Å². The summed E-state index contributed by atoms with van der Waals surface area (Å²) in [6.45, 7) is 1.78. The lowest BCUT2D eigenvalue weighted by Gasteiger charge is -2.12. The average Bonchev–Trinajstić information content (AvgIpc) is 2.28. The molecule has 1 aromatic carbocycles. The number of hydrogen-bond donors (Lipinski definition) is 2. The van der Waals surface area contributed by atoms with Crippen LogP contribution in [0.3, 0.4) is 0 Å². The molecule has 1 unspecified atom stereocenters. The van der Waals surface area contributed by atoms with Gasteiger partial charge in [-0.1, -0.05) is 0 Å². The van der Waals surface area contributed by atoms with Crippen LogP contribution < -0.4 is 15.8 Å². The van der Waals surface area contributed by atoms with E-state index in [1.165, 1.54) is 12.1 Å². The van der Waals surface area contributed by atoms with Crippen LogP contribution in [0.25, 0.3) is 0 Å². The van der Waals surface area contributed by atoms with Crippen molar-refractivity contribution >= 4 is 27.5 Å². The largest absolute Gasteiger partial charge is 0.573 e. The van der Waals surface area contributed by atoms with E-state index in [9.17, 15) is 18.0 Å². The second-order valence-electron chi connectivity index (χ2n) is 4.26. The fourth-order valence-corrected chi connectivity index (χ4v) is 1.83. The summed E-state index contributed by atoms with van der Waals surface area (Å²) in [5.41, 5.74) is 5.90. The van der Waals surface area contributed by atoms with Crippen molar-refractivity contribution in [3.8, 4) is 5.75 Å². The van der Waals surface area contributed by atoms with E-state index in [4.69, 9.17) is 5.73 Å². The Labute approximate surface area is 122 Å². The maximum atomic E-state index is 12.1. The third-order valence-corrected chi connectivity index (χ3v) is 2.89. The molecule has 8 heteroatoms. The molecule has 0 aliphatic rings. The van der Waals surface area contributed by atoms with Gasteiger partial charge in [-0.05, 0) is 47.5 Å². The van der Waals surface area contributed by atoms with Crippen LogP contribution in [-0.4, -0.2) is 18.3 Å². The summed E-state index contributed by atoms with van der Waals surface area (Å²) in [6.07, 6.45) is -3.98. The molecule has 0 saturated heterocycles. The van der Waals surface area contributed by atoms with Gasteiger partial charge in [0, 0.05) is 18.2 Å². The number of benzene rings is 1. The average molecular weight is 355 g/mol. The summed E-state index contributed by atoms with van der Waals surface area (Å²) in [5, 5.41) is 2.57. The quantitative estimate of drug-likeness (QED) is 0.851. The van der Waals surface area contributed by atoms with Gasteiger partial charge in [-0.25, -0.2) is 0 Å². The summed E-state index contributed by atoms with van der Waals surface area (Å²) in [6, 6.07) is 3.70. The number of nitrogens with one attached hydrogen (secondary N) is 1. The minimum atomic E-state index is -4.76. The van der Waals surface area contributed by atoms with Gasteiger partial charge in [-0.3, -0.25) is 4.79 Å². The number of nitrogens with two attached hydrogens (primary N) is 1. The molecule has 0 aliphatic carbocycles. The van der Waals surface area contributed by atoms with Crippen molar-refractivity contribution in [3.63, 3.8) is 0 Å². The summed E-state index contributed by atoms with van der Waals surface area (Å²) in [7, 11) is 0. The monoisotopic (exact) mass is 354 g/mol. The number of ether oxygens (including phenoxy) is 1. The highest BCUT2D eigenvalue weighted by atomic mass is 79.9. The van der Waals surface area contributed by atoms with Crippen molar-refractivity contribution in [2.24, 2.45) is 5.73 Å². The third-order valence-electron chi connectivity index (χ3n) is 2.27. The van der Waals surface area contributed by atoms with E-state index in [0.29, 0.717) is 12.1 Å². The van der Waals surface area contributed by atoms with Crippen LogP contribution in [0.5, 0.6) is 5.75 Å². The minimum Gasteiger partial charge on any atom is -0.405 e. The Hall–Kier alpha value is -1.28. The van der Waals surface area contributed by atoms with Crippen molar-refractivity contribution < 1.29 is 22.7 Å². The molecule has 3 N–H and O–H groups in total. The topological polar surface area (TPSA) is 64.4 Å². The SMILES string of the molecule is CC(N)CCC(=O)Nc1ccc(OC(F)(F)F)c(Br)c1.